The summed E-state index contributed by atoms with van der Waals surface area (Å²) in [5.74, 6) is 1.45. The molecule has 0 fully saturated rings. The molecule has 0 aliphatic carbocycles. The van der Waals surface area contributed by atoms with Gasteiger partial charge in [0, 0.05) is 43.2 Å². The standard InChI is InChI=1S/C30H23N5O4/c1-34-17-14-23-26(13-16-32-28(23)34)39-22-9-5-19(6-10-22)33-30(37)25-18-35(20-7-11-21(38-2)12-8-20)29-24(27(25)36)4-3-15-31-29/h3-18H,1-2H3,(H,33,37). The number of benzene rings is 2. The Morgan fingerprint density at radius 3 is 2.36 bits per heavy atom. The average Bonchev–Trinajstić information content (AvgIpc) is 3.36. The lowest BCUT2D eigenvalue weighted by Gasteiger charge is -2.13. The summed E-state index contributed by atoms with van der Waals surface area (Å²) >= 11 is 0. The zero-order valence-electron chi connectivity index (χ0n) is 21.2. The van der Waals surface area contributed by atoms with Gasteiger partial charge in [0.2, 0.25) is 5.43 Å². The van der Waals surface area contributed by atoms with Crippen LogP contribution in [0.3, 0.4) is 0 Å². The van der Waals surface area contributed by atoms with Gasteiger partial charge in [-0.3, -0.25) is 9.59 Å². The summed E-state index contributed by atoms with van der Waals surface area (Å²) < 4.78 is 15.0. The Morgan fingerprint density at radius 2 is 1.59 bits per heavy atom. The minimum Gasteiger partial charge on any atom is -0.497 e. The Kier molecular flexibility index (Phi) is 6.01. The number of pyridine rings is 3. The number of aryl methyl sites for hydroxylation is 1. The second-order valence-electron chi connectivity index (χ2n) is 8.87. The SMILES string of the molecule is COc1ccc(-n2cc(C(=O)Nc3ccc(Oc4ccnc5c4ccn5C)cc3)c(=O)c3cccnc32)cc1. The van der Waals surface area contributed by atoms with Crippen LogP contribution in [-0.4, -0.2) is 32.1 Å². The smallest absolute Gasteiger partial charge is 0.261 e. The van der Waals surface area contributed by atoms with Crippen LogP contribution in [0.5, 0.6) is 17.2 Å². The lowest BCUT2D eigenvalue weighted by molar-refractivity contribution is 0.102. The Labute approximate surface area is 222 Å². The summed E-state index contributed by atoms with van der Waals surface area (Å²) in [6, 6.07) is 21.3. The molecular weight excluding hydrogens is 494 g/mol. The number of hydrogen-bond donors (Lipinski definition) is 1. The van der Waals surface area contributed by atoms with Crippen LogP contribution in [0.1, 0.15) is 10.4 Å². The van der Waals surface area contributed by atoms with E-state index in [4.69, 9.17) is 9.47 Å². The fourth-order valence-electron chi connectivity index (χ4n) is 4.42. The summed E-state index contributed by atoms with van der Waals surface area (Å²) in [5.41, 5.74) is 2.13. The van der Waals surface area contributed by atoms with E-state index >= 15 is 0 Å². The van der Waals surface area contributed by atoms with Gasteiger partial charge in [-0.05, 0) is 72.8 Å². The molecule has 0 radical (unpaired) electrons. The fourth-order valence-corrected chi connectivity index (χ4v) is 4.42. The molecule has 0 aliphatic rings. The first-order valence-corrected chi connectivity index (χ1v) is 12.2. The number of amides is 1. The molecule has 2 aromatic carbocycles. The normalized spacial score (nSPS) is 11.0. The van der Waals surface area contributed by atoms with Crippen molar-refractivity contribution >= 4 is 33.7 Å². The second-order valence-corrected chi connectivity index (χ2v) is 8.87. The third-order valence-corrected chi connectivity index (χ3v) is 6.43. The van der Waals surface area contributed by atoms with Gasteiger partial charge in [0.1, 0.15) is 34.1 Å². The van der Waals surface area contributed by atoms with Gasteiger partial charge in [-0.25, -0.2) is 9.97 Å². The van der Waals surface area contributed by atoms with Gasteiger partial charge in [-0.15, -0.1) is 0 Å². The average molecular weight is 518 g/mol. The number of methoxy groups -OCH3 is 1. The molecular formula is C30H23N5O4. The lowest BCUT2D eigenvalue weighted by atomic mass is 10.1. The molecule has 0 saturated heterocycles. The number of aromatic nitrogens is 4. The Balaban J connectivity index is 1.28. The number of rotatable bonds is 6. The van der Waals surface area contributed by atoms with Gasteiger partial charge in [0.15, 0.2) is 0 Å². The van der Waals surface area contributed by atoms with Crippen molar-refractivity contribution in [1.29, 1.82) is 0 Å². The zero-order chi connectivity index (χ0) is 26.9. The van der Waals surface area contributed by atoms with Gasteiger partial charge < -0.3 is 23.9 Å². The first-order chi connectivity index (χ1) is 19.0. The maximum Gasteiger partial charge on any atom is 0.261 e. The topological polar surface area (TPSA) is 100 Å². The molecule has 4 heterocycles. The molecule has 1 amide bonds. The first-order valence-electron chi connectivity index (χ1n) is 12.2. The maximum absolute atomic E-state index is 13.3. The monoisotopic (exact) mass is 517 g/mol. The van der Waals surface area contributed by atoms with Crippen molar-refractivity contribution in [2.45, 2.75) is 0 Å². The summed E-state index contributed by atoms with van der Waals surface area (Å²) in [6.45, 7) is 0. The number of carbonyl (C=O) groups excluding carboxylic acids is 1. The van der Waals surface area contributed by atoms with E-state index < -0.39 is 11.3 Å². The second kappa shape index (κ2) is 9.79. The highest BCUT2D eigenvalue weighted by Gasteiger charge is 2.17. The lowest BCUT2D eigenvalue weighted by Crippen LogP contribution is -2.24. The zero-order valence-corrected chi connectivity index (χ0v) is 21.2. The first kappa shape index (κ1) is 23.9. The van der Waals surface area contributed by atoms with Gasteiger partial charge in [0.05, 0.1) is 17.9 Å². The van der Waals surface area contributed by atoms with Crippen LogP contribution in [-0.2, 0) is 7.05 Å². The summed E-state index contributed by atoms with van der Waals surface area (Å²) in [4.78, 5) is 35.3. The van der Waals surface area contributed by atoms with Crippen molar-refractivity contribution in [2.75, 3.05) is 12.4 Å². The van der Waals surface area contributed by atoms with Crippen molar-refractivity contribution in [3.05, 3.63) is 113 Å². The van der Waals surface area contributed by atoms with Gasteiger partial charge in [-0.1, -0.05) is 0 Å². The number of anilines is 1. The van der Waals surface area contributed by atoms with E-state index in [9.17, 15) is 9.59 Å². The minimum atomic E-state index is -0.526. The number of fused-ring (bicyclic) bond motifs is 2. The maximum atomic E-state index is 13.3. The van der Waals surface area contributed by atoms with E-state index in [-0.39, 0.29) is 5.56 Å². The van der Waals surface area contributed by atoms with Gasteiger partial charge in [-0.2, -0.15) is 0 Å². The van der Waals surface area contributed by atoms with Crippen molar-refractivity contribution in [1.82, 2.24) is 19.1 Å². The van der Waals surface area contributed by atoms with E-state index in [1.807, 2.05) is 36.0 Å². The highest BCUT2D eigenvalue weighted by Crippen LogP contribution is 2.30. The highest BCUT2D eigenvalue weighted by molar-refractivity contribution is 6.05. The molecule has 6 aromatic rings. The molecule has 9 heteroatoms. The number of ether oxygens (including phenoxy) is 2. The van der Waals surface area contributed by atoms with Crippen LogP contribution < -0.4 is 20.2 Å². The molecule has 192 valence electrons. The summed E-state index contributed by atoms with van der Waals surface area (Å²) in [7, 11) is 3.52. The molecule has 1 N–H and O–H groups in total. The summed E-state index contributed by atoms with van der Waals surface area (Å²) in [5, 5.41) is 4.06. The quantitative estimate of drug-likeness (QED) is 0.321. The Morgan fingerprint density at radius 1 is 0.846 bits per heavy atom. The van der Waals surface area contributed by atoms with Crippen LogP contribution >= 0.6 is 0 Å². The molecule has 0 atom stereocenters. The fraction of sp³-hybridized carbons (Fsp3) is 0.0667. The number of nitrogens with zero attached hydrogens (tertiary/aromatic N) is 4. The van der Waals surface area contributed by atoms with E-state index in [2.05, 4.69) is 15.3 Å². The molecule has 0 saturated carbocycles. The van der Waals surface area contributed by atoms with E-state index in [1.165, 1.54) is 6.20 Å². The third-order valence-electron chi connectivity index (χ3n) is 6.43. The van der Waals surface area contributed by atoms with Crippen molar-refractivity contribution < 1.29 is 14.3 Å². The van der Waals surface area contributed by atoms with E-state index in [1.54, 1.807) is 78.7 Å². The Bertz CT molecular complexity index is 1890. The molecule has 0 bridgehead atoms. The highest BCUT2D eigenvalue weighted by atomic mass is 16.5. The van der Waals surface area contributed by atoms with Gasteiger partial charge in [0.25, 0.3) is 5.91 Å². The van der Waals surface area contributed by atoms with Crippen LogP contribution in [0.2, 0.25) is 0 Å². The molecule has 39 heavy (non-hydrogen) atoms. The van der Waals surface area contributed by atoms with Crippen LogP contribution in [0.25, 0.3) is 27.8 Å². The number of carbonyl (C=O) groups is 1. The molecule has 0 unspecified atom stereocenters. The largest absolute Gasteiger partial charge is 0.497 e. The molecule has 9 nitrogen and oxygen atoms in total. The number of nitrogens with one attached hydrogen (secondary N) is 1. The molecule has 6 rings (SSSR count). The van der Waals surface area contributed by atoms with Crippen LogP contribution in [0, 0.1) is 0 Å². The van der Waals surface area contributed by atoms with E-state index in [0.29, 0.717) is 34.0 Å². The predicted molar refractivity (Wildman–Crippen MR) is 149 cm³/mol. The predicted octanol–water partition coefficient (Wildman–Crippen LogP) is 5.33. The minimum absolute atomic E-state index is 0.00472. The summed E-state index contributed by atoms with van der Waals surface area (Å²) in [6.07, 6.45) is 6.75. The van der Waals surface area contributed by atoms with Crippen LogP contribution in [0.15, 0.2) is 102 Å². The molecule has 0 aliphatic heterocycles. The van der Waals surface area contributed by atoms with Crippen molar-refractivity contribution in [2.24, 2.45) is 7.05 Å². The molecule has 4 aromatic heterocycles. The Hall–Kier alpha value is -5.44. The number of hydrogen-bond acceptors (Lipinski definition) is 6. The van der Waals surface area contributed by atoms with Crippen molar-refractivity contribution in [3.63, 3.8) is 0 Å². The van der Waals surface area contributed by atoms with Crippen LogP contribution in [0.4, 0.5) is 5.69 Å². The van der Waals surface area contributed by atoms with Gasteiger partial charge >= 0.3 is 0 Å². The molecule has 0 spiro atoms. The third kappa shape index (κ3) is 4.46. The van der Waals surface area contributed by atoms with Crippen molar-refractivity contribution in [3.8, 4) is 22.9 Å². The van der Waals surface area contributed by atoms with E-state index in [0.717, 1.165) is 16.7 Å².